The summed E-state index contributed by atoms with van der Waals surface area (Å²) in [5, 5.41) is 9.81. The molecule has 0 saturated heterocycles. The summed E-state index contributed by atoms with van der Waals surface area (Å²) in [6.45, 7) is 11.7. The van der Waals surface area contributed by atoms with Gasteiger partial charge in [-0.3, -0.25) is 4.79 Å². The van der Waals surface area contributed by atoms with E-state index < -0.39 is 0 Å². The van der Waals surface area contributed by atoms with Crippen molar-refractivity contribution in [1.82, 2.24) is 10.2 Å². The van der Waals surface area contributed by atoms with Gasteiger partial charge in [-0.15, -0.1) is 0 Å². The second kappa shape index (κ2) is 5.51. The number of rotatable bonds is 2. The first kappa shape index (κ1) is 15.5. The molecule has 20 heavy (non-hydrogen) atoms. The Kier molecular flexibility index (Phi) is 4.28. The van der Waals surface area contributed by atoms with Crippen molar-refractivity contribution in [1.29, 1.82) is 0 Å². The third-order valence-electron chi connectivity index (χ3n) is 5.61. The molecule has 0 radical (unpaired) electrons. The van der Waals surface area contributed by atoms with Crippen LogP contribution in [0.2, 0.25) is 0 Å². The third kappa shape index (κ3) is 2.65. The summed E-state index contributed by atoms with van der Waals surface area (Å²) in [6, 6.07) is 0.368. The predicted octanol–water partition coefficient (Wildman–Crippen LogP) is 3.65. The number of nitrogens with zero attached hydrogens (tertiary/aromatic N) is 1. The van der Waals surface area contributed by atoms with E-state index in [0.717, 1.165) is 12.1 Å². The third-order valence-corrected chi connectivity index (χ3v) is 6.40. The first-order valence-corrected chi connectivity index (χ1v) is 8.04. The van der Waals surface area contributed by atoms with Crippen molar-refractivity contribution < 1.29 is 0 Å². The van der Waals surface area contributed by atoms with Crippen LogP contribution in [0.3, 0.4) is 0 Å². The molecular weight excluding hydrogens is 318 g/mol. The van der Waals surface area contributed by atoms with Crippen LogP contribution in [0.5, 0.6) is 0 Å². The molecule has 0 bridgehead atoms. The minimum absolute atomic E-state index is 0.195. The number of aromatic nitrogens is 2. The quantitative estimate of drug-likeness (QED) is 0.863. The Morgan fingerprint density at radius 2 is 2.05 bits per heavy atom. The lowest BCUT2D eigenvalue weighted by Gasteiger charge is -2.50. The predicted molar refractivity (Wildman–Crippen MR) is 85.9 cm³/mol. The highest BCUT2D eigenvalue weighted by Gasteiger charge is 2.43. The van der Waals surface area contributed by atoms with Crippen LogP contribution in [0.25, 0.3) is 0 Å². The molecule has 1 aromatic heterocycles. The fourth-order valence-corrected chi connectivity index (χ4v) is 3.55. The normalized spacial score (nSPS) is 32.9. The standard InChI is InChI=1S/C15H24BrN3O/c1-8-6-11(9(2)10(3)15(8,4)5)18-12-7-17-19-14(20)13(12)16/h7-11H,6H2,1-5H3,(H2,18,19,20)/t8-,9+,10+,11+/m0/s1. The molecule has 4 nitrogen and oxygen atoms in total. The Hall–Kier alpha value is -0.840. The zero-order valence-corrected chi connectivity index (χ0v) is 14.4. The molecule has 0 amide bonds. The van der Waals surface area contributed by atoms with E-state index >= 15 is 0 Å². The molecule has 0 aliphatic heterocycles. The molecule has 0 unspecified atom stereocenters. The minimum atomic E-state index is -0.195. The molecule has 1 aromatic rings. The second-order valence-electron chi connectivity index (χ2n) is 6.78. The first-order chi connectivity index (χ1) is 9.25. The Labute approximate surface area is 128 Å². The number of nitrogens with one attached hydrogen (secondary N) is 2. The van der Waals surface area contributed by atoms with E-state index in [2.05, 4.69) is 66.1 Å². The molecule has 1 heterocycles. The Bertz CT molecular complexity index is 540. The Morgan fingerprint density at radius 1 is 1.40 bits per heavy atom. The number of anilines is 1. The molecular formula is C15H24BrN3O. The van der Waals surface area contributed by atoms with E-state index in [9.17, 15) is 4.79 Å². The molecule has 2 rings (SSSR count). The van der Waals surface area contributed by atoms with E-state index in [1.54, 1.807) is 6.20 Å². The first-order valence-electron chi connectivity index (χ1n) is 7.24. The SMILES string of the molecule is C[C@@H]1[C@@H](C)C(C)(C)[C@@H](C)C[C@H]1Nc1cn[nH]c(=O)c1Br. The van der Waals surface area contributed by atoms with Gasteiger partial charge in [0, 0.05) is 6.04 Å². The fourth-order valence-electron chi connectivity index (χ4n) is 3.25. The van der Waals surface area contributed by atoms with Gasteiger partial charge in [0.1, 0.15) is 4.47 Å². The molecule has 4 atom stereocenters. The van der Waals surface area contributed by atoms with Crippen molar-refractivity contribution >= 4 is 21.6 Å². The van der Waals surface area contributed by atoms with Crippen molar-refractivity contribution in [2.45, 2.75) is 47.1 Å². The average Bonchev–Trinajstić information content (AvgIpc) is 2.39. The monoisotopic (exact) mass is 341 g/mol. The minimum Gasteiger partial charge on any atom is -0.380 e. The van der Waals surface area contributed by atoms with Crippen LogP contribution >= 0.6 is 15.9 Å². The van der Waals surface area contributed by atoms with Crippen molar-refractivity contribution in [3.05, 3.63) is 21.0 Å². The van der Waals surface area contributed by atoms with E-state index in [4.69, 9.17) is 0 Å². The van der Waals surface area contributed by atoms with Gasteiger partial charge in [0.2, 0.25) is 0 Å². The molecule has 1 fully saturated rings. The highest BCUT2D eigenvalue weighted by molar-refractivity contribution is 9.10. The number of halogens is 1. The van der Waals surface area contributed by atoms with Crippen LogP contribution in [0.1, 0.15) is 41.0 Å². The van der Waals surface area contributed by atoms with Gasteiger partial charge < -0.3 is 5.32 Å². The van der Waals surface area contributed by atoms with Crippen molar-refractivity contribution in [3.63, 3.8) is 0 Å². The number of hydrogen-bond donors (Lipinski definition) is 2. The second-order valence-corrected chi connectivity index (χ2v) is 7.58. The zero-order valence-electron chi connectivity index (χ0n) is 12.8. The maximum Gasteiger partial charge on any atom is 0.280 e. The molecule has 2 N–H and O–H groups in total. The van der Waals surface area contributed by atoms with Crippen molar-refractivity contribution in [2.24, 2.45) is 23.2 Å². The van der Waals surface area contributed by atoms with Crippen molar-refractivity contribution in [2.75, 3.05) is 5.32 Å². The molecule has 112 valence electrons. The lowest BCUT2D eigenvalue weighted by Crippen LogP contribution is -2.48. The van der Waals surface area contributed by atoms with Gasteiger partial charge >= 0.3 is 0 Å². The topological polar surface area (TPSA) is 57.8 Å². The maximum atomic E-state index is 11.6. The van der Waals surface area contributed by atoms with Gasteiger partial charge in [-0.2, -0.15) is 5.10 Å². The molecule has 0 aromatic carbocycles. The smallest absolute Gasteiger partial charge is 0.280 e. The van der Waals surface area contributed by atoms with Gasteiger partial charge in [0.15, 0.2) is 0 Å². The molecule has 1 aliphatic carbocycles. The van der Waals surface area contributed by atoms with Crippen LogP contribution in [0.4, 0.5) is 5.69 Å². The summed E-state index contributed by atoms with van der Waals surface area (Å²) in [5.41, 5.74) is 0.936. The lowest BCUT2D eigenvalue weighted by atomic mass is 9.58. The van der Waals surface area contributed by atoms with E-state index in [1.165, 1.54) is 0 Å². The molecule has 5 heteroatoms. The number of H-pyrrole nitrogens is 1. The van der Waals surface area contributed by atoms with Gasteiger partial charge in [0.05, 0.1) is 11.9 Å². The van der Waals surface area contributed by atoms with Gasteiger partial charge in [0.25, 0.3) is 5.56 Å². The highest BCUT2D eigenvalue weighted by atomic mass is 79.9. The highest BCUT2D eigenvalue weighted by Crippen LogP contribution is 2.48. The summed E-state index contributed by atoms with van der Waals surface area (Å²) >= 11 is 3.33. The summed E-state index contributed by atoms with van der Waals surface area (Å²) < 4.78 is 0.532. The van der Waals surface area contributed by atoms with Crippen molar-refractivity contribution in [3.8, 4) is 0 Å². The summed E-state index contributed by atoms with van der Waals surface area (Å²) in [4.78, 5) is 11.6. The molecule has 1 saturated carbocycles. The van der Waals surface area contributed by atoms with Crippen LogP contribution in [0.15, 0.2) is 15.5 Å². The Balaban J connectivity index is 2.22. The maximum absolute atomic E-state index is 11.6. The number of hydrogen-bond acceptors (Lipinski definition) is 3. The number of aromatic amines is 1. The van der Waals surface area contributed by atoms with Crippen LogP contribution in [-0.4, -0.2) is 16.2 Å². The van der Waals surface area contributed by atoms with Gasteiger partial charge in [-0.1, -0.05) is 34.6 Å². The Morgan fingerprint density at radius 3 is 2.70 bits per heavy atom. The lowest BCUT2D eigenvalue weighted by molar-refractivity contribution is 0.0316. The largest absolute Gasteiger partial charge is 0.380 e. The van der Waals surface area contributed by atoms with E-state index in [0.29, 0.717) is 33.7 Å². The van der Waals surface area contributed by atoms with Gasteiger partial charge in [-0.25, -0.2) is 5.10 Å². The van der Waals surface area contributed by atoms with Gasteiger partial charge in [-0.05, 0) is 45.5 Å². The molecule has 0 spiro atoms. The zero-order chi connectivity index (χ0) is 15.1. The fraction of sp³-hybridized carbons (Fsp3) is 0.733. The van der Waals surface area contributed by atoms with E-state index in [1.807, 2.05) is 0 Å². The van der Waals surface area contributed by atoms with Crippen LogP contribution < -0.4 is 10.9 Å². The van der Waals surface area contributed by atoms with Crippen LogP contribution in [-0.2, 0) is 0 Å². The average molecular weight is 342 g/mol. The summed E-state index contributed by atoms with van der Waals surface area (Å²) in [6.07, 6.45) is 2.78. The summed E-state index contributed by atoms with van der Waals surface area (Å²) in [7, 11) is 0. The summed E-state index contributed by atoms with van der Waals surface area (Å²) in [5.74, 6) is 1.81. The van der Waals surface area contributed by atoms with E-state index in [-0.39, 0.29) is 5.56 Å². The van der Waals surface area contributed by atoms with Crippen LogP contribution in [0, 0.1) is 23.2 Å². The molecule has 1 aliphatic rings.